The Morgan fingerprint density at radius 1 is 0.294 bits per heavy atom. The monoisotopic (exact) mass is 885 g/mol. The third-order valence-electron chi connectivity index (χ3n) is 13.3. The summed E-state index contributed by atoms with van der Waals surface area (Å²) in [5.41, 5.74) is 14.8. The van der Waals surface area contributed by atoms with Gasteiger partial charge in [-0.05, 0) is 119 Å². The summed E-state index contributed by atoms with van der Waals surface area (Å²) in [6.45, 7) is 0. The molecule has 13 aromatic rings. The van der Waals surface area contributed by atoms with Crippen molar-refractivity contribution in [3.05, 3.63) is 261 Å². The van der Waals surface area contributed by atoms with Crippen molar-refractivity contribution in [3.8, 4) is 27.9 Å². The van der Waals surface area contributed by atoms with Crippen molar-refractivity contribution >= 4 is 98.2 Å². The van der Waals surface area contributed by atoms with E-state index >= 15 is 0 Å². The molecule has 13 rings (SSSR count). The summed E-state index contributed by atoms with van der Waals surface area (Å²) in [7, 11) is 0. The van der Waals surface area contributed by atoms with Crippen LogP contribution in [-0.4, -0.2) is 4.57 Å². The molecule has 0 aliphatic carbocycles. The second-order valence-electron chi connectivity index (χ2n) is 17.3. The first-order chi connectivity index (χ1) is 33.7. The predicted molar refractivity (Wildman–Crippen MR) is 291 cm³/mol. The molecule has 3 nitrogen and oxygen atoms in total. The molecule has 0 spiro atoms. The molecular weight excluding hydrogens is 843 g/mol. The fourth-order valence-corrected chi connectivity index (χ4v) is 11.5. The first-order valence-corrected chi connectivity index (χ1v) is 24.0. The third kappa shape index (κ3) is 6.73. The number of fused-ring (bicyclic) bond motifs is 10. The van der Waals surface area contributed by atoms with Gasteiger partial charge in [-0.15, -0.1) is 11.3 Å². The Balaban J connectivity index is 0.945. The summed E-state index contributed by atoms with van der Waals surface area (Å²) < 4.78 is 5.15. The molecule has 0 amide bonds. The number of benzene rings is 11. The second kappa shape index (κ2) is 16.6. The standard InChI is InChI=1S/C64H43N3S/c1-5-18-44(19-6-1)45-32-36-51(37-33-45)65(48-21-7-2-8-22-48)52-38-34-46(35-39-52)47-20-17-27-53(42-47)66(49-23-9-3-10-24-49)54-40-41-57-59(43-54)67(50-25-11-4-12-26-50)63-61(57)55-28-13-14-29-56(55)64-62(63)58-30-15-16-31-60(58)68-64/h1-43H. The number of aromatic nitrogens is 1. The van der Waals surface area contributed by atoms with E-state index in [1.807, 2.05) is 11.3 Å². The topological polar surface area (TPSA) is 11.4 Å². The summed E-state index contributed by atoms with van der Waals surface area (Å²) >= 11 is 1.90. The van der Waals surface area contributed by atoms with Gasteiger partial charge in [0.1, 0.15) is 0 Å². The molecule has 0 aliphatic rings. The summed E-state index contributed by atoms with van der Waals surface area (Å²) in [5, 5.41) is 7.71. The highest BCUT2D eigenvalue weighted by Crippen LogP contribution is 2.49. The Kier molecular flexibility index (Phi) is 9.69. The summed E-state index contributed by atoms with van der Waals surface area (Å²) in [4.78, 5) is 4.72. The Labute approximate surface area is 399 Å². The highest BCUT2D eigenvalue weighted by Gasteiger charge is 2.24. The zero-order valence-electron chi connectivity index (χ0n) is 37.1. The van der Waals surface area contributed by atoms with Crippen LogP contribution in [0.2, 0.25) is 0 Å². The average molecular weight is 886 g/mol. The van der Waals surface area contributed by atoms with Crippen LogP contribution < -0.4 is 9.80 Å². The van der Waals surface area contributed by atoms with Gasteiger partial charge in [-0.1, -0.05) is 170 Å². The van der Waals surface area contributed by atoms with Gasteiger partial charge >= 0.3 is 0 Å². The fourth-order valence-electron chi connectivity index (χ4n) is 10.2. The number of hydrogen-bond acceptors (Lipinski definition) is 3. The Morgan fingerprint density at radius 3 is 1.41 bits per heavy atom. The van der Waals surface area contributed by atoms with Crippen molar-refractivity contribution in [2.45, 2.75) is 0 Å². The molecule has 320 valence electrons. The summed E-state index contributed by atoms with van der Waals surface area (Å²) in [6.07, 6.45) is 0. The maximum absolute atomic E-state index is 2.51. The minimum atomic E-state index is 1.08. The summed E-state index contributed by atoms with van der Waals surface area (Å²) in [5.74, 6) is 0. The molecule has 4 heteroatoms. The molecule has 2 aromatic heterocycles. The van der Waals surface area contributed by atoms with Crippen LogP contribution in [0, 0.1) is 0 Å². The molecule has 0 bridgehead atoms. The Hall–Kier alpha value is -8.70. The van der Waals surface area contributed by atoms with Gasteiger partial charge in [-0.2, -0.15) is 0 Å². The first-order valence-electron chi connectivity index (χ1n) is 23.2. The van der Waals surface area contributed by atoms with Crippen molar-refractivity contribution in [3.63, 3.8) is 0 Å². The molecule has 68 heavy (non-hydrogen) atoms. The number of hydrogen-bond donors (Lipinski definition) is 0. The van der Waals surface area contributed by atoms with E-state index in [4.69, 9.17) is 0 Å². The van der Waals surface area contributed by atoms with Crippen molar-refractivity contribution in [1.29, 1.82) is 0 Å². The highest BCUT2D eigenvalue weighted by molar-refractivity contribution is 7.27. The third-order valence-corrected chi connectivity index (χ3v) is 14.5. The van der Waals surface area contributed by atoms with Crippen LogP contribution in [-0.2, 0) is 0 Å². The first kappa shape index (κ1) is 39.6. The lowest BCUT2D eigenvalue weighted by molar-refractivity contribution is 1.18. The SMILES string of the molecule is c1ccc(-c2ccc(N(c3ccccc3)c3ccc(-c4cccc(N(c5ccccc5)c5ccc6c7c8ccccc8c8sc9ccccc9c8c7n(-c7ccccc7)c6c5)c4)cc3)cc2)cc1. The van der Waals surface area contributed by atoms with Gasteiger partial charge < -0.3 is 14.4 Å². The average Bonchev–Trinajstić information content (AvgIpc) is 3.97. The molecule has 0 unspecified atom stereocenters. The number of anilines is 6. The normalized spacial score (nSPS) is 11.5. The smallest absolute Gasteiger partial charge is 0.0640 e. The van der Waals surface area contributed by atoms with Gasteiger partial charge in [0.15, 0.2) is 0 Å². The van der Waals surface area contributed by atoms with E-state index in [0.29, 0.717) is 0 Å². The van der Waals surface area contributed by atoms with Gasteiger partial charge in [-0.3, -0.25) is 0 Å². The van der Waals surface area contributed by atoms with Crippen LogP contribution >= 0.6 is 11.3 Å². The van der Waals surface area contributed by atoms with E-state index < -0.39 is 0 Å². The molecule has 0 aliphatic heterocycles. The van der Waals surface area contributed by atoms with Crippen LogP contribution in [0.3, 0.4) is 0 Å². The van der Waals surface area contributed by atoms with Crippen LogP contribution in [0.25, 0.3) is 80.7 Å². The van der Waals surface area contributed by atoms with Gasteiger partial charge in [0, 0.05) is 76.1 Å². The van der Waals surface area contributed by atoms with Gasteiger partial charge in [0.2, 0.25) is 0 Å². The van der Waals surface area contributed by atoms with E-state index in [2.05, 4.69) is 275 Å². The van der Waals surface area contributed by atoms with Crippen molar-refractivity contribution in [2.24, 2.45) is 0 Å². The molecular formula is C64H43N3S. The van der Waals surface area contributed by atoms with Gasteiger partial charge in [-0.25, -0.2) is 0 Å². The van der Waals surface area contributed by atoms with E-state index in [9.17, 15) is 0 Å². The molecule has 0 saturated heterocycles. The number of nitrogens with zero attached hydrogens (tertiary/aromatic N) is 3. The lowest BCUT2D eigenvalue weighted by Gasteiger charge is -2.27. The van der Waals surface area contributed by atoms with E-state index in [1.165, 1.54) is 63.9 Å². The van der Waals surface area contributed by atoms with Crippen molar-refractivity contribution < 1.29 is 0 Å². The van der Waals surface area contributed by atoms with Crippen molar-refractivity contribution in [2.75, 3.05) is 9.80 Å². The summed E-state index contributed by atoms with van der Waals surface area (Å²) in [6, 6.07) is 94.5. The lowest BCUT2D eigenvalue weighted by atomic mass is 9.99. The van der Waals surface area contributed by atoms with E-state index in [1.54, 1.807) is 0 Å². The maximum atomic E-state index is 2.51. The molecule has 0 saturated carbocycles. The van der Waals surface area contributed by atoms with Gasteiger partial charge in [0.05, 0.1) is 11.0 Å². The number of para-hydroxylation sites is 3. The molecule has 0 atom stereocenters. The molecule has 11 aromatic carbocycles. The van der Waals surface area contributed by atoms with Crippen LogP contribution in [0.4, 0.5) is 34.1 Å². The zero-order chi connectivity index (χ0) is 45.0. The quantitative estimate of drug-likeness (QED) is 0.143. The predicted octanol–water partition coefficient (Wildman–Crippen LogP) is 18.6. The molecule has 0 radical (unpaired) electrons. The van der Waals surface area contributed by atoms with Crippen molar-refractivity contribution in [1.82, 2.24) is 4.57 Å². The highest BCUT2D eigenvalue weighted by atomic mass is 32.1. The fraction of sp³-hybridized carbons (Fsp3) is 0. The van der Waals surface area contributed by atoms with Crippen LogP contribution in [0.1, 0.15) is 0 Å². The number of rotatable bonds is 9. The molecule has 0 fully saturated rings. The van der Waals surface area contributed by atoms with E-state index in [0.717, 1.165) is 50.9 Å². The number of thiophene rings is 1. The Bertz CT molecular complexity index is 3940. The minimum Gasteiger partial charge on any atom is -0.311 e. The zero-order valence-corrected chi connectivity index (χ0v) is 37.9. The minimum absolute atomic E-state index is 1.08. The maximum Gasteiger partial charge on any atom is 0.0640 e. The molecule has 2 heterocycles. The Morgan fingerprint density at radius 2 is 0.750 bits per heavy atom. The van der Waals surface area contributed by atoms with Crippen LogP contribution in [0.5, 0.6) is 0 Å². The van der Waals surface area contributed by atoms with E-state index in [-0.39, 0.29) is 0 Å². The van der Waals surface area contributed by atoms with Crippen LogP contribution in [0.15, 0.2) is 261 Å². The van der Waals surface area contributed by atoms with Gasteiger partial charge in [0.25, 0.3) is 0 Å². The lowest BCUT2D eigenvalue weighted by Crippen LogP contribution is -2.10. The molecule has 0 N–H and O–H groups in total. The largest absolute Gasteiger partial charge is 0.311 e. The second-order valence-corrected chi connectivity index (χ2v) is 18.3.